The number of carbonyl (C=O) groups is 2. The average molecular weight is 456 g/mol. The van der Waals surface area contributed by atoms with E-state index in [2.05, 4.69) is 9.88 Å². The number of aliphatic hydroxyl groups excluding tert-OH is 1. The summed E-state index contributed by atoms with van der Waals surface area (Å²) in [6.45, 7) is 1.85. The van der Waals surface area contributed by atoms with E-state index < -0.39 is 22.2 Å². The number of pyridine rings is 1. The first-order valence-electron chi connectivity index (χ1n) is 10.1. The van der Waals surface area contributed by atoms with Gasteiger partial charge in [0.15, 0.2) is 15.6 Å². The Balaban J connectivity index is 1.56. The molecule has 2 aromatic rings. The molecule has 1 fully saturated rings. The monoisotopic (exact) mass is 455 g/mol. The van der Waals surface area contributed by atoms with Gasteiger partial charge in [-0.1, -0.05) is 6.07 Å². The molecule has 1 aliphatic rings. The molecule has 1 saturated heterocycles. The standard InChI is InChI=1S/C23H25N3O5S/c1-32(30,31)22-10-7-20(8-11-22)25-13-15-26(16-14-25)23(29)12-6-19-4-2-3-18(24-19)5-9-21(28)17-27/h2-12,27H,13-17H2,1H3/b9-5+,12-6+. The Morgan fingerprint density at radius 1 is 0.969 bits per heavy atom. The second-order valence-corrected chi connectivity index (χ2v) is 9.37. The number of aromatic nitrogens is 1. The third-order valence-electron chi connectivity index (χ3n) is 5.01. The maximum absolute atomic E-state index is 12.5. The Morgan fingerprint density at radius 2 is 1.56 bits per heavy atom. The van der Waals surface area contributed by atoms with Crippen molar-refractivity contribution in [2.24, 2.45) is 0 Å². The van der Waals surface area contributed by atoms with E-state index in [1.165, 1.54) is 24.5 Å². The van der Waals surface area contributed by atoms with Gasteiger partial charge in [-0.15, -0.1) is 0 Å². The minimum Gasteiger partial charge on any atom is -0.388 e. The highest BCUT2D eigenvalue weighted by atomic mass is 32.2. The highest BCUT2D eigenvalue weighted by molar-refractivity contribution is 7.90. The maximum atomic E-state index is 12.5. The van der Waals surface area contributed by atoms with E-state index in [9.17, 15) is 18.0 Å². The number of sulfone groups is 1. The van der Waals surface area contributed by atoms with E-state index in [0.29, 0.717) is 37.6 Å². The number of aliphatic hydroxyl groups is 1. The number of benzene rings is 1. The second kappa shape index (κ2) is 10.3. The van der Waals surface area contributed by atoms with Gasteiger partial charge in [0.1, 0.15) is 6.61 Å². The number of amides is 1. The van der Waals surface area contributed by atoms with Crippen molar-refractivity contribution in [1.82, 2.24) is 9.88 Å². The molecule has 0 saturated carbocycles. The van der Waals surface area contributed by atoms with E-state index in [1.54, 1.807) is 53.4 Å². The summed E-state index contributed by atoms with van der Waals surface area (Å²) < 4.78 is 23.2. The predicted octanol–water partition coefficient (Wildman–Crippen LogP) is 1.42. The largest absolute Gasteiger partial charge is 0.388 e. The van der Waals surface area contributed by atoms with Crippen molar-refractivity contribution in [3.63, 3.8) is 0 Å². The molecule has 1 aromatic carbocycles. The molecule has 9 heteroatoms. The topological polar surface area (TPSA) is 108 Å². The summed E-state index contributed by atoms with van der Waals surface area (Å²) in [5.74, 6) is -0.524. The number of anilines is 1. The molecule has 1 aliphatic heterocycles. The predicted molar refractivity (Wildman–Crippen MR) is 123 cm³/mol. The zero-order chi connectivity index (χ0) is 23.1. The third-order valence-corrected chi connectivity index (χ3v) is 6.13. The van der Waals surface area contributed by atoms with Crippen LogP contribution in [0.3, 0.4) is 0 Å². The molecule has 1 amide bonds. The van der Waals surface area contributed by atoms with Crippen molar-refractivity contribution in [1.29, 1.82) is 0 Å². The van der Waals surface area contributed by atoms with Gasteiger partial charge in [-0.05, 0) is 54.6 Å². The molecule has 1 N–H and O–H groups in total. The van der Waals surface area contributed by atoms with Crippen molar-refractivity contribution in [2.75, 3.05) is 43.9 Å². The minimum atomic E-state index is -3.22. The van der Waals surface area contributed by atoms with Crippen LogP contribution in [0.25, 0.3) is 12.2 Å². The smallest absolute Gasteiger partial charge is 0.246 e. The lowest BCUT2D eigenvalue weighted by Gasteiger charge is -2.35. The summed E-state index contributed by atoms with van der Waals surface area (Å²) in [6, 6.07) is 12.0. The molecule has 0 unspecified atom stereocenters. The van der Waals surface area contributed by atoms with Crippen LogP contribution in [0.5, 0.6) is 0 Å². The van der Waals surface area contributed by atoms with Crippen LogP contribution in [0, 0.1) is 0 Å². The number of hydrogen-bond acceptors (Lipinski definition) is 7. The summed E-state index contributed by atoms with van der Waals surface area (Å²) in [5.41, 5.74) is 2.06. The van der Waals surface area contributed by atoms with Gasteiger partial charge in [-0.25, -0.2) is 13.4 Å². The minimum absolute atomic E-state index is 0.115. The number of hydrogen-bond donors (Lipinski definition) is 1. The number of carbonyl (C=O) groups excluding carboxylic acids is 2. The van der Waals surface area contributed by atoms with Crippen LogP contribution in [-0.4, -0.2) is 74.1 Å². The van der Waals surface area contributed by atoms with Crippen LogP contribution in [0.15, 0.2) is 59.5 Å². The van der Waals surface area contributed by atoms with Crippen LogP contribution in [0.4, 0.5) is 5.69 Å². The molecular weight excluding hydrogens is 430 g/mol. The fourth-order valence-corrected chi connectivity index (χ4v) is 3.87. The summed E-state index contributed by atoms with van der Waals surface area (Å²) in [6.07, 6.45) is 7.06. The number of nitrogens with zero attached hydrogens (tertiary/aromatic N) is 3. The van der Waals surface area contributed by atoms with Crippen molar-refractivity contribution in [3.05, 3.63) is 66.0 Å². The molecule has 0 spiro atoms. The van der Waals surface area contributed by atoms with Crippen LogP contribution in [0.1, 0.15) is 11.4 Å². The third kappa shape index (κ3) is 6.35. The van der Waals surface area contributed by atoms with Gasteiger partial charge in [0.2, 0.25) is 5.91 Å². The molecule has 8 nitrogen and oxygen atoms in total. The molecule has 168 valence electrons. The summed E-state index contributed by atoms with van der Waals surface area (Å²) in [7, 11) is -3.22. The lowest BCUT2D eigenvalue weighted by molar-refractivity contribution is -0.126. The van der Waals surface area contributed by atoms with Crippen molar-refractivity contribution in [3.8, 4) is 0 Å². The van der Waals surface area contributed by atoms with Gasteiger partial charge in [0, 0.05) is 44.2 Å². The van der Waals surface area contributed by atoms with Gasteiger partial charge < -0.3 is 14.9 Å². The molecule has 0 radical (unpaired) electrons. The maximum Gasteiger partial charge on any atom is 0.246 e. The zero-order valence-corrected chi connectivity index (χ0v) is 18.5. The van der Waals surface area contributed by atoms with E-state index >= 15 is 0 Å². The number of piperazine rings is 1. The first-order chi connectivity index (χ1) is 15.3. The lowest BCUT2D eigenvalue weighted by atomic mass is 10.2. The van der Waals surface area contributed by atoms with Crippen LogP contribution < -0.4 is 4.90 Å². The SMILES string of the molecule is CS(=O)(=O)c1ccc(N2CCN(C(=O)/C=C/c3cccc(/C=C/C(=O)CO)n3)CC2)cc1. The Hall–Kier alpha value is -3.30. The second-order valence-electron chi connectivity index (χ2n) is 7.36. The fraction of sp³-hybridized carbons (Fsp3) is 0.261. The average Bonchev–Trinajstić information content (AvgIpc) is 2.81. The van der Waals surface area contributed by atoms with Gasteiger partial charge in [-0.3, -0.25) is 9.59 Å². The van der Waals surface area contributed by atoms with Crippen LogP contribution >= 0.6 is 0 Å². The summed E-state index contributed by atoms with van der Waals surface area (Å²) >= 11 is 0. The van der Waals surface area contributed by atoms with Crippen molar-refractivity contribution >= 4 is 39.4 Å². The van der Waals surface area contributed by atoms with E-state index in [1.807, 2.05) is 0 Å². The first-order valence-corrected chi connectivity index (χ1v) is 12.0. The zero-order valence-electron chi connectivity index (χ0n) is 17.7. The molecule has 2 heterocycles. The molecule has 32 heavy (non-hydrogen) atoms. The Bertz CT molecular complexity index is 1130. The van der Waals surface area contributed by atoms with E-state index in [0.717, 1.165) is 5.69 Å². The highest BCUT2D eigenvalue weighted by Gasteiger charge is 2.20. The Labute approximate surface area is 187 Å². The molecule has 0 atom stereocenters. The normalized spacial score (nSPS) is 14.9. The molecule has 0 bridgehead atoms. The van der Waals surface area contributed by atoms with Gasteiger partial charge in [0.05, 0.1) is 16.3 Å². The highest BCUT2D eigenvalue weighted by Crippen LogP contribution is 2.19. The van der Waals surface area contributed by atoms with Crippen molar-refractivity contribution < 1.29 is 23.1 Å². The first kappa shape index (κ1) is 23.4. The van der Waals surface area contributed by atoms with Crippen molar-refractivity contribution in [2.45, 2.75) is 4.90 Å². The van der Waals surface area contributed by atoms with E-state index in [4.69, 9.17) is 5.11 Å². The van der Waals surface area contributed by atoms with Gasteiger partial charge in [0.25, 0.3) is 0 Å². The molecule has 3 rings (SSSR count). The lowest BCUT2D eigenvalue weighted by Crippen LogP contribution is -2.48. The molecule has 1 aromatic heterocycles. The molecular formula is C23H25N3O5S. The summed E-state index contributed by atoms with van der Waals surface area (Å²) in [5, 5.41) is 8.76. The van der Waals surface area contributed by atoms with Crippen LogP contribution in [-0.2, 0) is 19.4 Å². The van der Waals surface area contributed by atoms with Gasteiger partial charge >= 0.3 is 0 Å². The van der Waals surface area contributed by atoms with Gasteiger partial charge in [-0.2, -0.15) is 0 Å². The summed E-state index contributed by atoms with van der Waals surface area (Å²) in [4.78, 5) is 32.2. The number of ketones is 1. The number of rotatable bonds is 7. The van der Waals surface area contributed by atoms with E-state index in [-0.39, 0.29) is 10.8 Å². The van der Waals surface area contributed by atoms with Crippen LogP contribution in [0.2, 0.25) is 0 Å². The quantitative estimate of drug-likeness (QED) is 0.629. The Morgan fingerprint density at radius 3 is 2.12 bits per heavy atom. The molecule has 0 aliphatic carbocycles. The Kier molecular flexibility index (Phi) is 7.55. The fourth-order valence-electron chi connectivity index (χ4n) is 3.24.